The van der Waals surface area contributed by atoms with E-state index in [1.54, 1.807) is 30.3 Å². The van der Waals surface area contributed by atoms with E-state index in [-0.39, 0.29) is 50.6 Å². The van der Waals surface area contributed by atoms with Crippen molar-refractivity contribution in [3.63, 3.8) is 0 Å². The van der Waals surface area contributed by atoms with E-state index in [1.807, 2.05) is 6.07 Å². The second-order valence-corrected chi connectivity index (χ2v) is 6.46. The van der Waals surface area contributed by atoms with Crippen LogP contribution < -0.4 is 15.5 Å². The number of benzene rings is 1. The summed E-state index contributed by atoms with van der Waals surface area (Å²) in [6.45, 7) is 0.326. The molecule has 1 heterocycles. The van der Waals surface area contributed by atoms with E-state index in [4.69, 9.17) is 5.26 Å². The minimum Gasteiger partial charge on any atom is -0.368 e. The number of nitriles is 1. The summed E-state index contributed by atoms with van der Waals surface area (Å²) in [6.07, 6.45) is -3.26. The summed E-state index contributed by atoms with van der Waals surface area (Å²) in [5.41, 5.74) is -0.242. The highest BCUT2D eigenvalue weighted by molar-refractivity contribution is 5.95. The zero-order valence-corrected chi connectivity index (χ0v) is 16.7. The van der Waals surface area contributed by atoms with Crippen LogP contribution in [0.2, 0.25) is 0 Å². The molecule has 0 bridgehead atoms. The summed E-state index contributed by atoms with van der Waals surface area (Å²) >= 11 is 0. The van der Waals surface area contributed by atoms with Gasteiger partial charge in [0.1, 0.15) is 5.82 Å². The van der Waals surface area contributed by atoms with Crippen LogP contribution in [0.1, 0.15) is 24.8 Å². The average molecular weight is 433 g/mol. The predicted octanol–water partition coefficient (Wildman–Crippen LogP) is 3.36. The molecule has 1 aromatic carbocycles. The van der Waals surface area contributed by atoms with Crippen LogP contribution in [0.15, 0.2) is 48.7 Å². The number of hydrogen-bond acceptors (Lipinski definition) is 5. The molecule has 0 unspecified atom stereocenters. The minimum atomic E-state index is -4.53. The summed E-state index contributed by atoms with van der Waals surface area (Å²) in [5.74, 6) is -1.01. The molecule has 0 fully saturated rings. The first-order valence-electron chi connectivity index (χ1n) is 9.58. The van der Waals surface area contributed by atoms with Crippen LogP contribution in [0.5, 0.6) is 0 Å². The number of hydrogen-bond donors (Lipinski definition) is 2. The molecule has 2 amide bonds. The average Bonchev–Trinajstić information content (AvgIpc) is 2.76. The number of carbonyl (C=O) groups is 2. The normalized spacial score (nSPS) is 10.8. The molecule has 0 radical (unpaired) electrons. The first-order valence-corrected chi connectivity index (χ1v) is 9.58. The summed E-state index contributed by atoms with van der Waals surface area (Å²) in [7, 11) is 0. The van der Waals surface area contributed by atoms with E-state index in [2.05, 4.69) is 15.6 Å². The van der Waals surface area contributed by atoms with Gasteiger partial charge in [0, 0.05) is 44.4 Å². The van der Waals surface area contributed by atoms with Gasteiger partial charge in [-0.2, -0.15) is 18.4 Å². The van der Waals surface area contributed by atoms with E-state index in [9.17, 15) is 22.8 Å². The van der Waals surface area contributed by atoms with Gasteiger partial charge >= 0.3 is 6.18 Å². The first kappa shape index (κ1) is 23.7. The maximum Gasteiger partial charge on any atom is 0.419 e. The number of rotatable bonds is 10. The Morgan fingerprint density at radius 1 is 1.06 bits per heavy atom. The molecule has 0 saturated heterocycles. The number of carbonyl (C=O) groups excluding carboxylic acids is 2. The Hall–Kier alpha value is -3.61. The topological polar surface area (TPSA) is 98.1 Å². The molecule has 0 atom stereocenters. The second-order valence-electron chi connectivity index (χ2n) is 6.46. The van der Waals surface area contributed by atoms with Crippen LogP contribution in [0, 0.1) is 11.3 Å². The quantitative estimate of drug-likeness (QED) is 0.560. The summed E-state index contributed by atoms with van der Waals surface area (Å²) in [5, 5.41) is 13.9. The van der Waals surface area contributed by atoms with Crippen molar-refractivity contribution < 1.29 is 22.8 Å². The van der Waals surface area contributed by atoms with Crippen molar-refractivity contribution in [2.75, 3.05) is 29.9 Å². The van der Waals surface area contributed by atoms with Gasteiger partial charge in [0.2, 0.25) is 11.8 Å². The van der Waals surface area contributed by atoms with Gasteiger partial charge < -0.3 is 15.5 Å². The van der Waals surface area contributed by atoms with E-state index >= 15 is 0 Å². The van der Waals surface area contributed by atoms with Crippen LogP contribution in [-0.4, -0.2) is 36.4 Å². The molecule has 1 aromatic heterocycles. The monoisotopic (exact) mass is 433 g/mol. The highest BCUT2D eigenvalue weighted by Crippen LogP contribution is 2.33. The van der Waals surface area contributed by atoms with E-state index < -0.39 is 17.6 Å². The van der Waals surface area contributed by atoms with Crippen LogP contribution in [0.4, 0.5) is 24.7 Å². The third-order valence-corrected chi connectivity index (χ3v) is 4.23. The number of para-hydroxylation sites is 1. The van der Waals surface area contributed by atoms with Crippen LogP contribution >= 0.6 is 0 Å². The maximum absolute atomic E-state index is 12.9. The lowest BCUT2D eigenvalue weighted by molar-refractivity contribution is -0.137. The van der Waals surface area contributed by atoms with E-state index in [1.165, 1.54) is 17.2 Å². The Bertz CT molecular complexity index is 913. The summed E-state index contributed by atoms with van der Waals surface area (Å²) < 4.78 is 38.8. The van der Waals surface area contributed by atoms with Gasteiger partial charge in [-0.1, -0.05) is 18.2 Å². The lowest BCUT2D eigenvalue weighted by Crippen LogP contribution is -2.34. The fourth-order valence-electron chi connectivity index (χ4n) is 2.77. The lowest BCUT2D eigenvalue weighted by atomic mass is 10.2. The SMILES string of the molecule is N#CCCN(C(=O)CCC(=O)NCCNc1ncccc1C(F)(F)F)c1ccccc1. The molecule has 0 aliphatic rings. The molecule has 7 nitrogen and oxygen atoms in total. The van der Waals surface area contributed by atoms with E-state index in [0.29, 0.717) is 5.69 Å². The number of amides is 2. The number of anilines is 2. The highest BCUT2D eigenvalue weighted by Gasteiger charge is 2.33. The molecule has 0 aliphatic carbocycles. The minimum absolute atomic E-state index is 0.0398. The molecule has 2 aromatic rings. The van der Waals surface area contributed by atoms with Crippen molar-refractivity contribution >= 4 is 23.3 Å². The van der Waals surface area contributed by atoms with Crippen LogP contribution in [0.25, 0.3) is 0 Å². The molecule has 0 spiro atoms. The van der Waals surface area contributed by atoms with Gasteiger partial charge in [-0.3, -0.25) is 9.59 Å². The Morgan fingerprint density at radius 3 is 2.48 bits per heavy atom. The van der Waals surface area contributed by atoms with Crippen LogP contribution in [0.3, 0.4) is 0 Å². The molecule has 10 heteroatoms. The summed E-state index contributed by atoms with van der Waals surface area (Å²) in [6, 6.07) is 12.9. The molecule has 2 N–H and O–H groups in total. The fourth-order valence-corrected chi connectivity index (χ4v) is 2.77. The van der Waals surface area contributed by atoms with Crippen molar-refractivity contribution in [2.24, 2.45) is 0 Å². The molecule has 31 heavy (non-hydrogen) atoms. The summed E-state index contributed by atoms with van der Waals surface area (Å²) in [4.78, 5) is 29.6. The van der Waals surface area contributed by atoms with Crippen molar-refractivity contribution in [2.45, 2.75) is 25.4 Å². The standard InChI is InChI=1S/C21H22F3N5O2/c22-21(23,24)17-8-4-12-27-20(17)28-14-13-26-18(30)9-10-19(31)29(15-5-11-25)16-6-2-1-3-7-16/h1-4,6-8,12H,5,9-10,13-15H2,(H,26,30)(H,27,28). The van der Waals surface area contributed by atoms with Gasteiger partial charge in [0.05, 0.1) is 18.1 Å². The Kier molecular flexibility index (Phi) is 8.81. The van der Waals surface area contributed by atoms with Crippen molar-refractivity contribution in [3.8, 4) is 6.07 Å². The van der Waals surface area contributed by atoms with Gasteiger partial charge in [-0.25, -0.2) is 4.98 Å². The third-order valence-electron chi connectivity index (χ3n) is 4.23. The molecular formula is C21H22F3N5O2. The van der Waals surface area contributed by atoms with Gasteiger partial charge in [-0.05, 0) is 24.3 Å². The Balaban J connectivity index is 1.79. The third kappa shape index (κ3) is 7.62. The van der Waals surface area contributed by atoms with Crippen molar-refractivity contribution in [1.82, 2.24) is 10.3 Å². The number of nitrogens with one attached hydrogen (secondary N) is 2. The fraction of sp³-hybridized carbons (Fsp3) is 0.333. The van der Waals surface area contributed by atoms with Gasteiger partial charge in [0.15, 0.2) is 0 Å². The van der Waals surface area contributed by atoms with Crippen LogP contribution in [-0.2, 0) is 15.8 Å². The zero-order chi connectivity index (χ0) is 22.7. The maximum atomic E-state index is 12.9. The van der Waals surface area contributed by atoms with Gasteiger partial charge in [0.25, 0.3) is 0 Å². The predicted molar refractivity (Wildman–Crippen MR) is 109 cm³/mol. The first-order chi connectivity index (χ1) is 14.8. The Labute approximate surface area is 177 Å². The number of nitrogens with zero attached hydrogens (tertiary/aromatic N) is 3. The lowest BCUT2D eigenvalue weighted by Gasteiger charge is -2.21. The number of aromatic nitrogens is 1. The molecule has 0 aliphatic heterocycles. The molecule has 0 saturated carbocycles. The molecule has 2 rings (SSSR count). The van der Waals surface area contributed by atoms with Crippen molar-refractivity contribution in [1.29, 1.82) is 5.26 Å². The van der Waals surface area contributed by atoms with Crippen molar-refractivity contribution in [3.05, 3.63) is 54.2 Å². The zero-order valence-electron chi connectivity index (χ0n) is 16.7. The Morgan fingerprint density at radius 2 is 1.81 bits per heavy atom. The number of pyridine rings is 1. The number of halogens is 3. The van der Waals surface area contributed by atoms with Gasteiger partial charge in [-0.15, -0.1) is 0 Å². The smallest absolute Gasteiger partial charge is 0.368 e. The van der Waals surface area contributed by atoms with E-state index in [0.717, 1.165) is 6.07 Å². The highest BCUT2D eigenvalue weighted by atomic mass is 19.4. The second kappa shape index (κ2) is 11.5. The molecule has 164 valence electrons. The largest absolute Gasteiger partial charge is 0.419 e. The number of alkyl halides is 3. The molecular weight excluding hydrogens is 411 g/mol.